The van der Waals surface area contributed by atoms with Gasteiger partial charge in [0.25, 0.3) is 0 Å². The lowest BCUT2D eigenvalue weighted by Crippen LogP contribution is -2.03. The Hall–Kier alpha value is -1.11. The van der Waals surface area contributed by atoms with E-state index in [0.717, 1.165) is 3.57 Å². The van der Waals surface area contributed by atoms with Crippen molar-refractivity contribution in [3.05, 3.63) is 27.3 Å². The van der Waals surface area contributed by atoms with E-state index in [2.05, 4.69) is 22.6 Å². The van der Waals surface area contributed by atoms with Crippen molar-refractivity contribution in [2.24, 2.45) is 0 Å². The van der Waals surface area contributed by atoms with E-state index in [-0.39, 0.29) is 12.2 Å². The van der Waals surface area contributed by atoms with Crippen LogP contribution >= 0.6 is 22.6 Å². The number of Topliss-reactive ketones (excluding diaryl/α,β-unsaturated/α-hetero) is 1. The van der Waals surface area contributed by atoms with Gasteiger partial charge in [-0.2, -0.15) is 0 Å². The second-order valence-corrected chi connectivity index (χ2v) is 5.11. The fourth-order valence-electron chi connectivity index (χ4n) is 1.59. The van der Waals surface area contributed by atoms with Crippen molar-refractivity contribution in [1.29, 1.82) is 0 Å². The van der Waals surface area contributed by atoms with Gasteiger partial charge in [-0.15, -0.1) is 0 Å². The highest BCUT2D eigenvalue weighted by molar-refractivity contribution is 14.1. The molecule has 98 valence electrons. The van der Waals surface area contributed by atoms with E-state index in [9.17, 15) is 9.59 Å². The molecule has 0 saturated heterocycles. The summed E-state index contributed by atoms with van der Waals surface area (Å²) in [5.74, 6) is -0.260. The molecule has 0 radical (unpaired) electrons. The number of ether oxygens (including phenoxy) is 1. The number of methoxy groups -OCH3 is 1. The summed E-state index contributed by atoms with van der Waals surface area (Å²) in [7, 11) is 1.53. The number of carboxylic acid groups (broad SMARTS) is 1. The van der Waals surface area contributed by atoms with E-state index in [4.69, 9.17) is 9.84 Å². The minimum Gasteiger partial charge on any atom is -0.496 e. The number of carboxylic acids is 1. The molecule has 0 fully saturated rings. The molecule has 0 aliphatic heterocycles. The highest BCUT2D eigenvalue weighted by Gasteiger charge is 2.12. The first-order chi connectivity index (χ1) is 8.54. The van der Waals surface area contributed by atoms with Gasteiger partial charge in [-0.1, -0.05) is 0 Å². The van der Waals surface area contributed by atoms with Crippen LogP contribution in [0, 0.1) is 3.57 Å². The van der Waals surface area contributed by atoms with Crippen LogP contribution in [-0.4, -0.2) is 24.0 Å². The molecular formula is C13H15IO4. The van der Waals surface area contributed by atoms with E-state index in [1.54, 1.807) is 12.1 Å². The number of aliphatic carboxylic acids is 1. The van der Waals surface area contributed by atoms with E-state index < -0.39 is 5.97 Å². The molecular weight excluding hydrogens is 347 g/mol. The average Bonchev–Trinajstić information content (AvgIpc) is 2.34. The molecule has 0 aliphatic rings. The lowest BCUT2D eigenvalue weighted by molar-refractivity contribution is -0.137. The van der Waals surface area contributed by atoms with Crippen LogP contribution in [0.3, 0.4) is 0 Å². The molecule has 1 aromatic rings. The first-order valence-electron chi connectivity index (χ1n) is 5.63. The Morgan fingerprint density at radius 2 is 1.94 bits per heavy atom. The Morgan fingerprint density at radius 3 is 2.56 bits per heavy atom. The Bertz CT molecular complexity index is 443. The molecule has 0 bridgehead atoms. The summed E-state index contributed by atoms with van der Waals surface area (Å²) >= 11 is 2.14. The molecule has 1 N–H and O–H groups in total. The summed E-state index contributed by atoms with van der Waals surface area (Å²) < 4.78 is 6.12. The molecule has 0 amide bonds. The zero-order valence-corrected chi connectivity index (χ0v) is 12.3. The number of carbonyl (C=O) groups excluding carboxylic acids is 1. The van der Waals surface area contributed by atoms with Crippen molar-refractivity contribution >= 4 is 34.3 Å². The zero-order valence-electron chi connectivity index (χ0n) is 10.1. The molecule has 0 unspecified atom stereocenters. The number of hydrogen-bond donors (Lipinski definition) is 1. The minimum atomic E-state index is -0.825. The number of hydrogen-bond acceptors (Lipinski definition) is 3. The minimum absolute atomic E-state index is 0.00393. The van der Waals surface area contributed by atoms with Gasteiger partial charge in [-0.3, -0.25) is 9.59 Å². The number of halogens is 1. The molecule has 1 aromatic carbocycles. The topological polar surface area (TPSA) is 63.6 Å². The largest absolute Gasteiger partial charge is 0.496 e. The Morgan fingerprint density at radius 1 is 1.28 bits per heavy atom. The third-order valence-electron chi connectivity index (χ3n) is 2.51. The summed E-state index contributed by atoms with van der Waals surface area (Å²) in [6, 6.07) is 5.44. The summed E-state index contributed by atoms with van der Waals surface area (Å²) in [6.45, 7) is 0. The Kier molecular flexibility index (Phi) is 6.11. The van der Waals surface area contributed by atoms with Crippen LogP contribution < -0.4 is 4.74 Å². The monoisotopic (exact) mass is 362 g/mol. The molecule has 0 aromatic heterocycles. The second-order valence-electron chi connectivity index (χ2n) is 3.87. The molecule has 0 aliphatic carbocycles. The quantitative estimate of drug-likeness (QED) is 0.460. The van der Waals surface area contributed by atoms with Gasteiger partial charge in [0.15, 0.2) is 5.78 Å². The summed E-state index contributed by atoms with van der Waals surface area (Å²) in [6.07, 6.45) is 1.56. The van der Waals surface area contributed by atoms with Crippen molar-refractivity contribution in [2.75, 3.05) is 7.11 Å². The smallest absolute Gasteiger partial charge is 0.303 e. The van der Waals surface area contributed by atoms with Crippen LogP contribution in [0.15, 0.2) is 18.2 Å². The lowest BCUT2D eigenvalue weighted by Gasteiger charge is -2.07. The maximum Gasteiger partial charge on any atom is 0.303 e. The van der Waals surface area contributed by atoms with Gasteiger partial charge in [0.05, 0.1) is 12.7 Å². The van der Waals surface area contributed by atoms with Crippen LogP contribution in [0.1, 0.15) is 36.0 Å². The molecule has 4 nitrogen and oxygen atoms in total. The SMILES string of the molecule is COc1ccc(I)cc1C(=O)CCCCC(=O)O. The maximum atomic E-state index is 12.0. The fraction of sp³-hybridized carbons (Fsp3) is 0.385. The third-order valence-corrected chi connectivity index (χ3v) is 3.18. The summed E-state index contributed by atoms with van der Waals surface area (Å²) in [4.78, 5) is 22.3. The Labute approximate surface area is 119 Å². The van der Waals surface area contributed by atoms with Crippen molar-refractivity contribution in [2.45, 2.75) is 25.7 Å². The van der Waals surface area contributed by atoms with Gasteiger partial charge in [-0.05, 0) is 53.6 Å². The van der Waals surface area contributed by atoms with Gasteiger partial charge in [0.2, 0.25) is 0 Å². The first kappa shape index (κ1) is 14.9. The van der Waals surface area contributed by atoms with E-state index in [1.807, 2.05) is 6.07 Å². The number of rotatable bonds is 7. The second kappa shape index (κ2) is 7.35. The highest BCUT2D eigenvalue weighted by Crippen LogP contribution is 2.23. The number of unbranched alkanes of at least 4 members (excludes halogenated alkanes) is 1. The molecule has 0 atom stereocenters. The standard InChI is InChI=1S/C13H15IO4/c1-18-12-7-6-9(14)8-10(12)11(15)4-2-3-5-13(16)17/h6-8H,2-5H2,1H3,(H,16,17). The van der Waals surface area contributed by atoms with Gasteiger partial charge >= 0.3 is 5.97 Å². The van der Waals surface area contributed by atoms with E-state index in [1.165, 1.54) is 7.11 Å². The van der Waals surface area contributed by atoms with Crippen LogP contribution in [0.2, 0.25) is 0 Å². The first-order valence-corrected chi connectivity index (χ1v) is 6.71. The molecule has 0 spiro atoms. The fourth-order valence-corrected chi connectivity index (χ4v) is 2.09. The molecule has 1 rings (SSSR count). The molecule has 18 heavy (non-hydrogen) atoms. The van der Waals surface area contributed by atoms with Crippen molar-refractivity contribution < 1.29 is 19.4 Å². The molecule has 0 heterocycles. The van der Waals surface area contributed by atoms with E-state index in [0.29, 0.717) is 30.6 Å². The van der Waals surface area contributed by atoms with E-state index >= 15 is 0 Å². The number of carbonyl (C=O) groups is 2. The van der Waals surface area contributed by atoms with Crippen molar-refractivity contribution in [1.82, 2.24) is 0 Å². The molecule has 0 saturated carbocycles. The predicted octanol–water partition coefficient (Wildman–Crippen LogP) is 3.13. The van der Waals surface area contributed by atoms with Gasteiger partial charge in [0.1, 0.15) is 5.75 Å². The average molecular weight is 362 g/mol. The third kappa shape index (κ3) is 4.64. The predicted molar refractivity (Wildman–Crippen MR) is 76.1 cm³/mol. The van der Waals surface area contributed by atoms with Crippen molar-refractivity contribution in [3.63, 3.8) is 0 Å². The van der Waals surface area contributed by atoms with Gasteiger partial charge < -0.3 is 9.84 Å². The van der Waals surface area contributed by atoms with Gasteiger partial charge in [-0.25, -0.2) is 0 Å². The normalized spacial score (nSPS) is 10.1. The van der Waals surface area contributed by atoms with Crippen LogP contribution in [0.5, 0.6) is 5.75 Å². The van der Waals surface area contributed by atoms with Crippen LogP contribution in [0.25, 0.3) is 0 Å². The molecule has 5 heteroatoms. The van der Waals surface area contributed by atoms with Crippen LogP contribution in [-0.2, 0) is 4.79 Å². The highest BCUT2D eigenvalue weighted by atomic mass is 127. The number of ketones is 1. The lowest BCUT2D eigenvalue weighted by atomic mass is 10.0. The van der Waals surface area contributed by atoms with Crippen molar-refractivity contribution in [3.8, 4) is 5.75 Å². The zero-order chi connectivity index (χ0) is 13.5. The van der Waals surface area contributed by atoms with Gasteiger partial charge in [0, 0.05) is 16.4 Å². The summed E-state index contributed by atoms with van der Waals surface area (Å²) in [5, 5.41) is 8.51. The number of benzene rings is 1. The van der Waals surface area contributed by atoms with Crippen LogP contribution in [0.4, 0.5) is 0 Å². The summed E-state index contributed by atoms with van der Waals surface area (Å²) in [5.41, 5.74) is 0.569. The Balaban J connectivity index is 2.60. The maximum absolute atomic E-state index is 12.0.